The third kappa shape index (κ3) is 8.22. The number of ether oxygens (including phenoxy) is 2. The predicted molar refractivity (Wildman–Crippen MR) is 82.7 cm³/mol. The summed E-state index contributed by atoms with van der Waals surface area (Å²) >= 11 is 0. The van der Waals surface area contributed by atoms with Gasteiger partial charge in [0.2, 0.25) is 0 Å². The molecule has 14 heteroatoms. The molecule has 0 heterocycles. The van der Waals surface area contributed by atoms with Crippen LogP contribution in [0.1, 0.15) is 20.8 Å². The van der Waals surface area contributed by atoms with E-state index >= 15 is 0 Å². The highest BCUT2D eigenvalue weighted by Gasteiger charge is 2.63. The quantitative estimate of drug-likeness (QED) is 0.294. The van der Waals surface area contributed by atoms with Gasteiger partial charge >= 0.3 is 36.1 Å². The lowest BCUT2D eigenvalue weighted by Crippen LogP contribution is -2.47. The Morgan fingerprint density at radius 2 is 1.03 bits per heavy atom. The minimum absolute atomic E-state index is 0.453. The van der Waals surface area contributed by atoms with Gasteiger partial charge in [-0.25, -0.2) is 9.59 Å². The summed E-state index contributed by atoms with van der Waals surface area (Å²) in [5.41, 5.74) is 0. The maximum absolute atomic E-state index is 12.8. The Morgan fingerprint density at radius 3 is 1.33 bits per heavy atom. The Kier molecular flexibility index (Phi) is 10.6. The third-order valence-electron chi connectivity index (χ3n) is 3.47. The van der Waals surface area contributed by atoms with Crippen molar-refractivity contribution in [1.29, 1.82) is 0 Å². The van der Waals surface area contributed by atoms with Gasteiger partial charge in [0.1, 0.15) is 6.10 Å². The number of halogens is 10. The van der Waals surface area contributed by atoms with Gasteiger partial charge in [-0.15, -0.1) is 0 Å². The molecule has 0 fully saturated rings. The summed E-state index contributed by atoms with van der Waals surface area (Å²) in [5.74, 6) is -14.5. The monoisotopic (exact) mass is 464 g/mol. The number of carbonyl (C=O) groups excluding carboxylic acids is 2. The van der Waals surface area contributed by atoms with Gasteiger partial charge in [-0.2, -0.15) is 43.9 Å². The lowest BCUT2D eigenvalue weighted by molar-refractivity contribution is -0.311. The lowest BCUT2D eigenvalue weighted by atomic mass is 9.97. The molecule has 3 unspecified atom stereocenters. The topological polar surface area (TPSA) is 52.6 Å². The molecule has 0 bridgehead atoms. The summed E-state index contributed by atoms with van der Waals surface area (Å²) in [6.07, 6.45) is -14.4. The van der Waals surface area contributed by atoms with Crippen molar-refractivity contribution in [3.8, 4) is 0 Å². The minimum Gasteiger partial charge on any atom is -0.459 e. The second-order valence-corrected chi connectivity index (χ2v) is 5.66. The normalized spacial score (nSPS) is 15.6. The number of alkyl halides is 10. The molecular formula is C16H18F10O4. The van der Waals surface area contributed by atoms with Crippen LogP contribution < -0.4 is 0 Å². The van der Waals surface area contributed by atoms with E-state index in [2.05, 4.69) is 22.6 Å². The van der Waals surface area contributed by atoms with Crippen LogP contribution in [0.3, 0.4) is 0 Å². The van der Waals surface area contributed by atoms with E-state index in [0.29, 0.717) is 26.0 Å². The molecule has 0 saturated heterocycles. The second-order valence-electron chi connectivity index (χ2n) is 5.66. The second kappa shape index (κ2) is 10.7. The van der Waals surface area contributed by atoms with Crippen LogP contribution in [0.15, 0.2) is 25.3 Å². The Balaban J connectivity index is 0. The Morgan fingerprint density at radius 1 is 0.700 bits per heavy atom. The zero-order chi connectivity index (χ0) is 24.7. The van der Waals surface area contributed by atoms with Gasteiger partial charge in [0, 0.05) is 12.2 Å². The first-order valence-corrected chi connectivity index (χ1v) is 7.71. The molecule has 0 aliphatic rings. The maximum Gasteiger partial charge on any atom is 0.457 e. The van der Waals surface area contributed by atoms with Crippen molar-refractivity contribution in [1.82, 2.24) is 0 Å². The summed E-state index contributed by atoms with van der Waals surface area (Å²) in [6, 6.07) is 0. The molecule has 0 aromatic rings. The molecule has 0 saturated carbocycles. The van der Waals surface area contributed by atoms with E-state index in [1.54, 1.807) is 0 Å². The van der Waals surface area contributed by atoms with Gasteiger partial charge in [-0.3, -0.25) is 0 Å². The van der Waals surface area contributed by atoms with Crippen LogP contribution >= 0.6 is 0 Å². The molecule has 4 nitrogen and oxygen atoms in total. The molecule has 30 heavy (non-hydrogen) atoms. The van der Waals surface area contributed by atoms with E-state index in [-0.39, 0.29) is 0 Å². The number of rotatable bonds is 7. The van der Waals surface area contributed by atoms with Crippen molar-refractivity contribution >= 4 is 11.9 Å². The van der Waals surface area contributed by atoms with Crippen molar-refractivity contribution < 1.29 is 63.0 Å². The molecular weight excluding hydrogens is 446 g/mol. The lowest BCUT2D eigenvalue weighted by Gasteiger charge is -2.29. The van der Waals surface area contributed by atoms with E-state index in [4.69, 9.17) is 0 Å². The fourth-order valence-electron chi connectivity index (χ4n) is 1.41. The molecule has 0 aliphatic heterocycles. The van der Waals surface area contributed by atoms with E-state index < -0.39 is 54.3 Å². The zero-order valence-electron chi connectivity index (χ0n) is 15.7. The smallest absolute Gasteiger partial charge is 0.457 e. The SMILES string of the molecule is C=CC(=O)OC(C)C(C)C(F)(F)C(F)(F)F.C=CC(=O)OC(C)C(F)(F)C(F)(F)F. The molecule has 0 aliphatic carbocycles. The van der Waals surface area contributed by atoms with Gasteiger partial charge in [0.25, 0.3) is 0 Å². The summed E-state index contributed by atoms with van der Waals surface area (Å²) in [4.78, 5) is 21.0. The van der Waals surface area contributed by atoms with E-state index in [0.717, 1.165) is 6.92 Å². The van der Waals surface area contributed by atoms with Gasteiger partial charge in [0.15, 0.2) is 6.10 Å². The van der Waals surface area contributed by atoms with Gasteiger partial charge in [0.05, 0.1) is 5.92 Å². The van der Waals surface area contributed by atoms with Crippen LogP contribution in [0.25, 0.3) is 0 Å². The van der Waals surface area contributed by atoms with E-state index in [9.17, 15) is 53.5 Å². The molecule has 0 N–H and O–H groups in total. The van der Waals surface area contributed by atoms with Gasteiger partial charge in [-0.05, 0) is 13.8 Å². The van der Waals surface area contributed by atoms with Crippen LogP contribution in [0.2, 0.25) is 0 Å². The number of hydrogen-bond donors (Lipinski definition) is 0. The van der Waals surface area contributed by atoms with Crippen molar-refractivity contribution in [3.05, 3.63) is 25.3 Å². The Hall–Kier alpha value is -2.28. The molecule has 0 aromatic heterocycles. The van der Waals surface area contributed by atoms with Crippen molar-refractivity contribution in [2.75, 3.05) is 0 Å². The van der Waals surface area contributed by atoms with Crippen molar-refractivity contribution in [2.24, 2.45) is 5.92 Å². The fourth-order valence-corrected chi connectivity index (χ4v) is 1.41. The summed E-state index contributed by atoms with van der Waals surface area (Å²) < 4.78 is 129. The van der Waals surface area contributed by atoms with E-state index in [1.807, 2.05) is 0 Å². The van der Waals surface area contributed by atoms with Crippen LogP contribution in [0, 0.1) is 5.92 Å². The van der Waals surface area contributed by atoms with Crippen LogP contribution in [0.4, 0.5) is 43.9 Å². The Bertz CT molecular complexity index is 610. The molecule has 0 rings (SSSR count). The first-order chi connectivity index (χ1) is 13.2. The van der Waals surface area contributed by atoms with Crippen LogP contribution in [0.5, 0.6) is 0 Å². The fraction of sp³-hybridized carbons (Fsp3) is 0.625. The summed E-state index contributed by atoms with van der Waals surface area (Å²) in [6.45, 7) is 7.94. The highest BCUT2D eigenvalue weighted by Crippen LogP contribution is 2.43. The highest BCUT2D eigenvalue weighted by atomic mass is 19.4. The summed E-state index contributed by atoms with van der Waals surface area (Å²) in [7, 11) is 0. The standard InChI is InChI=1S/C9H11F5O2.C7H7F5O2/c1-4-7(15)16-6(3)5(2)8(10,11)9(12,13)14;1-3-5(13)14-4(2)6(8,9)7(10,11)12/h4-6H,1H2,2-3H3;3-4H,1H2,2H3. The third-order valence-corrected chi connectivity index (χ3v) is 3.47. The molecule has 3 atom stereocenters. The first kappa shape index (κ1) is 29.9. The van der Waals surface area contributed by atoms with E-state index in [1.165, 1.54) is 0 Å². The average Bonchev–Trinajstić information content (AvgIpc) is 2.58. The van der Waals surface area contributed by atoms with Gasteiger partial charge < -0.3 is 9.47 Å². The van der Waals surface area contributed by atoms with Crippen molar-refractivity contribution in [3.63, 3.8) is 0 Å². The molecule has 0 spiro atoms. The first-order valence-electron chi connectivity index (χ1n) is 7.71. The van der Waals surface area contributed by atoms with Gasteiger partial charge in [-0.1, -0.05) is 20.1 Å². The zero-order valence-corrected chi connectivity index (χ0v) is 15.7. The molecule has 0 aromatic carbocycles. The predicted octanol–water partition coefficient (Wildman–Crippen LogP) is 5.24. The average molecular weight is 464 g/mol. The Labute approximate surface area is 164 Å². The molecule has 176 valence electrons. The highest BCUT2D eigenvalue weighted by molar-refractivity contribution is 5.81. The van der Waals surface area contributed by atoms with Crippen LogP contribution in [-0.2, 0) is 19.1 Å². The number of carbonyl (C=O) groups is 2. The molecule has 0 amide bonds. The molecule has 0 radical (unpaired) electrons. The largest absolute Gasteiger partial charge is 0.459 e. The maximum atomic E-state index is 12.8. The minimum atomic E-state index is -5.74. The summed E-state index contributed by atoms with van der Waals surface area (Å²) in [5, 5.41) is 0. The van der Waals surface area contributed by atoms with Crippen molar-refractivity contribution in [2.45, 2.75) is 57.2 Å². The number of esters is 2. The number of hydrogen-bond acceptors (Lipinski definition) is 4. The van der Waals surface area contributed by atoms with Crippen LogP contribution in [-0.4, -0.2) is 48.3 Å².